The number of hydrogen-bond donors (Lipinski definition) is 2. The quantitative estimate of drug-likeness (QED) is 0.477. The average Bonchev–Trinajstić information content (AvgIpc) is 2.55. The van der Waals surface area contributed by atoms with E-state index in [1.807, 2.05) is 0 Å². The van der Waals surface area contributed by atoms with Crippen LogP contribution in [0.2, 0.25) is 0 Å². The van der Waals surface area contributed by atoms with E-state index in [-0.39, 0.29) is 11.7 Å². The number of urea groups is 1. The van der Waals surface area contributed by atoms with Gasteiger partial charge in [-0.05, 0) is 36.4 Å². The molecule has 2 aromatic rings. The molecular weight excluding hydrogens is 322 g/mol. The van der Waals surface area contributed by atoms with Crippen LogP contribution in [0, 0.1) is 10.1 Å². The second kappa shape index (κ2) is 8.00. The highest BCUT2D eigenvalue weighted by Crippen LogP contribution is 2.24. The molecule has 0 aliphatic rings. The first-order valence-electron chi connectivity index (χ1n) is 6.71. The van der Waals surface area contributed by atoms with Crippen molar-refractivity contribution in [3.05, 3.63) is 58.6 Å². The molecular formula is C15H14ClN3O4. The molecule has 0 unspecified atom stereocenters. The van der Waals surface area contributed by atoms with Gasteiger partial charge in [-0.3, -0.25) is 10.1 Å². The predicted molar refractivity (Wildman–Crippen MR) is 87.4 cm³/mol. The molecule has 0 aliphatic heterocycles. The summed E-state index contributed by atoms with van der Waals surface area (Å²) >= 11 is 5.48. The topological polar surface area (TPSA) is 93.5 Å². The second-order valence-corrected chi connectivity index (χ2v) is 4.83. The Balaban J connectivity index is 1.94. The van der Waals surface area contributed by atoms with Crippen LogP contribution in [0.3, 0.4) is 0 Å². The largest absolute Gasteiger partial charge is 0.457 e. The lowest BCUT2D eigenvalue weighted by atomic mass is 10.3. The fraction of sp³-hybridized carbons (Fsp3) is 0.133. The third-order valence-electron chi connectivity index (χ3n) is 2.78. The van der Waals surface area contributed by atoms with Crippen LogP contribution in [0.25, 0.3) is 0 Å². The lowest BCUT2D eigenvalue weighted by Gasteiger charge is -2.08. The molecule has 0 spiro atoms. The maximum atomic E-state index is 11.5. The number of carbonyl (C=O) groups is 1. The minimum absolute atomic E-state index is 0.000133. The predicted octanol–water partition coefficient (Wildman–Crippen LogP) is 3.75. The molecule has 0 bridgehead atoms. The van der Waals surface area contributed by atoms with E-state index in [9.17, 15) is 14.9 Å². The second-order valence-electron chi connectivity index (χ2n) is 4.45. The highest BCUT2D eigenvalue weighted by molar-refractivity contribution is 6.18. The van der Waals surface area contributed by atoms with Crippen molar-refractivity contribution in [3.8, 4) is 11.5 Å². The van der Waals surface area contributed by atoms with Crippen LogP contribution in [-0.2, 0) is 0 Å². The summed E-state index contributed by atoms with van der Waals surface area (Å²) in [5, 5.41) is 15.8. The van der Waals surface area contributed by atoms with Gasteiger partial charge in [-0.1, -0.05) is 0 Å². The molecule has 0 aromatic heterocycles. The van der Waals surface area contributed by atoms with Gasteiger partial charge in [0, 0.05) is 30.2 Å². The molecule has 0 aliphatic carbocycles. The Hall–Kier alpha value is -2.80. The van der Waals surface area contributed by atoms with E-state index in [0.717, 1.165) is 0 Å². The van der Waals surface area contributed by atoms with E-state index in [0.29, 0.717) is 29.6 Å². The van der Waals surface area contributed by atoms with Gasteiger partial charge < -0.3 is 15.4 Å². The molecule has 2 aromatic carbocycles. The number of ether oxygens (including phenoxy) is 1. The van der Waals surface area contributed by atoms with E-state index in [4.69, 9.17) is 16.3 Å². The molecule has 23 heavy (non-hydrogen) atoms. The van der Waals surface area contributed by atoms with Gasteiger partial charge in [0.15, 0.2) is 0 Å². The zero-order chi connectivity index (χ0) is 16.7. The number of nitro benzene ring substituents is 1. The number of alkyl halides is 1. The van der Waals surface area contributed by atoms with Crippen LogP contribution in [0.15, 0.2) is 48.5 Å². The highest BCUT2D eigenvalue weighted by atomic mass is 35.5. The first kappa shape index (κ1) is 16.6. The number of halogens is 1. The summed E-state index contributed by atoms with van der Waals surface area (Å²) in [4.78, 5) is 21.6. The van der Waals surface area contributed by atoms with Gasteiger partial charge in [0.2, 0.25) is 0 Å². The Morgan fingerprint density at radius 1 is 1.09 bits per heavy atom. The fourth-order valence-corrected chi connectivity index (χ4v) is 1.81. The minimum atomic E-state index is -0.473. The van der Waals surface area contributed by atoms with Crippen molar-refractivity contribution in [1.82, 2.24) is 5.32 Å². The number of hydrogen-bond acceptors (Lipinski definition) is 4. The van der Waals surface area contributed by atoms with Gasteiger partial charge in [0.1, 0.15) is 11.5 Å². The molecule has 0 radical (unpaired) electrons. The number of benzene rings is 2. The molecule has 7 nitrogen and oxygen atoms in total. The number of amides is 2. The minimum Gasteiger partial charge on any atom is -0.457 e. The fourth-order valence-electron chi connectivity index (χ4n) is 1.71. The first-order valence-corrected chi connectivity index (χ1v) is 7.25. The van der Waals surface area contributed by atoms with Crippen molar-refractivity contribution in [1.29, 1.82) is 0 Å². The monoisotopic (exact) mass is 335 g/mol. The average molecular weight is 336 g/mol. The Kier molecular flexibility index (Phi) is 5.76. The molecule has 0 saturated heterocycles. The third-order valence-corrected chi connectivity index (χ3v) is 2.96. The van der Waals surface area contributed by atoms with Crippen molar-refractivity contribution in [3.63, 3.8) is 0 Å². The number of anilines is 1. The van der Waals surface area contributed by atoms with Crippen LogP contribution in [-0.4, -0.2) is 23.4 Å². The van der Waals surface area contributed by atoms with Crippen LogP contribution in [0.4, 0.5) is 16.2 Å². The number of carbonyl (C=O) groups excluding carboxylic acids is 1. The maximum absolute atomic E-state index is 11.5. The van der Waals surface area contributed by atoms with Gasteiger partial charge >= 0.3 is 6.03 Å². The Labute approximate surface area is 137 Å². The van der Waals surface area contributed by atoms with Crippen molar-refractivity contribution >= 4 is 29.0 Å². The van der Waals surface area contributed by atoms with Gasteiger partial charge in [-0.2, -0.15) is 0 Å². The van der Waals surface area contributed by atoms with Gasteiger partial charge in [0.05, 0.1) is 4.92 Å². The zero-order valence-electron chi connectivity index (χ0n) is 12.0. The lowest BCUT2D eigenvalue weighted by molar-refractivity contribution is -0.384. The zero-order valence-corrected chi connectivity index (χ0v) is 12.7. The summed E-state index contributed by atoms with van der Waals surface area (Å²) < 4.78 is 5.57. The Morgan fingerprint density at radius 3 is 2.17 bits per heavy atom. The molecule has 0 fully saturated rings. The normalized spacial score (nSPS) is 9.96. The molecule has 2 rings (SSSR count). The van der Waals surface area contributed by atoms with E-state index in [2.05, 4.69) is 10.6 Å². The van der Waals surface area contributed by atoms with Crippen molar-refractivity contribution in [2.45, 2.75) is 0 Å². The van der Waals surface area contributed by atoms with Crippen LogP contribution in [0.5, 0.6) is 11.5 Å². The van der Waals surface area contributed by atoms with Gasteiger partial charge in [-0.15, -0.1) is 11.6 Å². The van der Waals surface area contributed by atoms with Crippen LogP contribution >= 0.6 is 11.6 Å². The molecule has 2 N–H and O–H groups in total. The van der Waals surface area contributed by atoms with Crippen molar-refractivity contribution < 1.29 is 14.5 Å². The Bertz CT molecular complexity index is 674. The molecule has 0 saturated carbocycles. The number of nitrogens with one attached hydrogen (secondary N) is 2. The first-order chi connectivity index (χ1) is 11.1. The van der Waals surface area contributed by atoms with Gasteiger partial charge in [-0.25, -0.2) is 4.79 Å². The maximum Gasteiger partial charge on any atom is 0.319 e. The molecule has 2 amide bonds. The van der Waals surface area contributed by atoms with Crippen LogP contribution < -0.4 is 15.4 Å². The van der Waals surface area contributed by atoms with Crippen molar-refractivity contribution in [2.24, 2.45) is 0 Å². The number of nitro groups is 1. The van der Waals surface area contributed by atoms with E-state index >= 15 is 0 Å². The van der Waals surface area contributed by atoms with E-state index in [1.54, 1.807) is 24.3 Å². The molecule has 8 heteroatoms. The summed E-state index contributed by atoms with van der Waals surface area (Å²) in [6.45, 7) is 0.384. The number of rotatable bonds is 6. The molecule has 0 heterocycles. The Morgan fingerprint density at radius 2 is 1.65 bits per heavy atom. The molecule has 120 valence electrons. The van der Waals surface area contributed by atoms with E-state index in [1.165, 1.54) is 24.3 Å². The molecule has 0 atom stereocenters. The smallest absolute Gasteiger partial charge is 0.319 e. The van der Waals surface area contributed by atoms with Crippen LogP contribution in [0.1, 0.15) is 0 Å². The highest BCUT2D eigenvalue weighted by Gasteiger charge is 2.05. The summed E-state index contributed by atoms with van der Waals surface area (Å²) in [6.07, 6.45) is 0. The summed E-state index contributed by atoms with van der Waals surface area (Å²) in [7, 11) is 0. The van der Waals surface area contributed by atoms with Crippen molar-refractivity contribution in [2.75, 3.05) is 17.7 Å². The number of nitrogens with zero attached hydrogens (tertiary/aromatic N) is 1. The number of non-ortho nitro benzene ring substituents is 1. The lowest BCUT2D eigenvalue weighted by Crippen LogP contribution is -2.30. The summed E-state index contributed by atoms with van der Waals surface area (Å²) in [6, 6.07) is 12.2. The van der Waals surface area contributed by atoms with E-state index < -0.39 is 4.92 Å². The standard InChI is InChI=1S/C15H14ClN3O4/c16-9-10-17-15(20)18-11-1-5-13(6-2-11)23-14-7-3-12(4-8-14)19(21)22/h1-8H,9-10H2,(H2,17,18,20). The summed E-state index contributed by atoms with van der Waals surface area (Å²) in [5.74, 6) is 1.37. The van der Waals surface area contributed by atoms with Gasteiger partial charge in [0.25, 0.3) is 5.69 Å². The SMILES string of the molecule is O=C(NCCCl)Nc1ccc(Oc2ccc([N+](=O)[O-])cc2)cc1. The summed E-state index contributed by atoms with van der Waals surface area (Å²) in [5.41, 5.74) is 0.605. The third kappa shape index (κ3) is 5.15.